The summed E-state index contributed by atoms with van der Waals surface area (Å²) in [6, 6.07) is 2.50. The maximum atomic E-state index is 13.5. The first-order chi connectivity index (χ1) is 16.3. The summed E-state index contributed by atoms with van der Waals surface area (Å²) in [6.07, 6.45) is 2.62. The highest BCUT2D eigenvalue weighted by Crippen LogP contribution is 2.48. The minimum Gasteiger partial charge on any atom is -0.493 e. The predicted octanol–water partition coefficient (Wildman–Crippen LogP) is 4.46. The topological polar surface area (TPSA) is 88.5 Å². The zero-order chi connectivity index (χ0) is 24.5. The van der Waals surface area contributed by atoms with E-state index < -0.39 is 18.4 Å². The quantitative estimate of drug-likeness (QED) is 0.427. The zero-order valence-electron chi connectivity index (χ0n) is 19.9. The third-order valence-electron chi connectivity index (χ3n) is 6.68. The molecule has 8 nitrogen and oxygen atoms in total. The summed E-state index contributed by atoms with van der Waals surface area (Å²) in [5.74, 6) is 1.40. The number of aliphatic hydroxyl groups excluding tert-OH is 1. The Hall–Kier alpha value is -2.04. The molecule has 0 aromatic heterocycles. The molecule has 4 rings (SSSR count). The van der Waals surface area contributed by atoms with Gasteiger partial charge < -0.3 is 24.2 Å². The van der Waals surface area contributed by atoms with Crippen molar-refractivity contribution in [2.24, 2.45) is 0 Å². The van der Waals surface area contributed by atoms with Crippen LogP contribution in [0.3, 0.4) is 0 Å². The van der Waals surface area contributed by atoms with Gasteiger partial charge in [-0.1, -0.05) is 53.5 Å². The van der Waals surface area contributed by atoms with Crippen molar-refractivity contribution in [2.75, 3.05) is 38.0 Å². The van der Waals surface area contributed by atoms with Crippen LogP contribution in [0.2, 0.25) is 0 Å². The molecule has 0 bridgehead atoms. The number of amides is 2. The lowest BCUT2D eigenvalue weighted by Crippen LogP contribution is -2.51. The molecule has 0 spiro atoms. The van der Waals surface area contributed by atoms with Crippen molar-refractivity contribution in [1.29, 1.82) is 0 Å². The van der Waals surface area contributed by atoms with E-state index in [1.165, 1.54) is 19.1 Å². The molecule has 34 heavy (non-hydrogen) atoms. The van der Waals surface area contributed by atoms with Gasteiger partial charge in [0.2, 0.25) is 0 Å². The Balaban J connectivity index is 1.70. The first-order valence-electron chi connectivity index (χ1n) is 11.5. The average molecular weight is 509 g/mol. The molecule has 1 saturated carbocycles. The number of hydrogen-bond acceptors (Lipinski definition) is 8. The van der Waals surface area contributed by atoms with E-state index >= 15 is 0 Å². The van der Waals surface area contributed by atoms with Crippen LogP contribution in [0.15, 0.2) is 24.3 Å². The number of methoxy groups -OCH3 is 2. The van der Waals surface area contributed by atoms with Crippen molar-refractivity contribution in [3.63, 3.8) is 0 Å². The highest BCUT2D eigenvalue weighted by molar-refractivity contribution is 8.77. The summed E-state index contributed by atoms with van der Waals surface area (Å²) >= 11 is 0. The third-order valence-corrected chi connectivity index (χ3v) is 10.0. The van der Waals surface area contributed by atoms with Crippen LogP contribution in [0.4, 0.5) is 10.5 Å². The highest BCUT2D eigenvalue weighted by atomic mass is 33.1. The van der Waals surface area contributed by atoms with Crippen molar-refractivity contribution in [2.45, 2.75) is 56.0 Å². The molecule has 2 unspecified atom stereocenters. The summed E-state index contributed by atoms with van der Waals surface area (Å²) in [6.45, 7) is 6.69. The molecule has 3 aliphatic rings. The van der Waals surface area contributed by atoms with Crippen molar-refractivity contribution < 1.29 is 28.9 Å². The van der Waals surface area contributed by atoms with Gasteiger partial charge in [0, 0.05) is 18.4 Å². The number of aliphatic hydroxyl groups is 1. The highest BCUT2D eigenvalue weighted by Gasteiger charge is 2.47. The molecule has 10 heteroatoms. The van der Waals surface area contributed by atoms with Crippen LogP contribution in [0.5, 0.6) is 11.5 Å². The van der Waals surface area contributed by atoms with Crippen molar-refractivity contribution in [1.82, 2.24) is 4.90 Å². The minimum atomic E-state index is -1.28. The molecule has 2 heterocycles. The Morgan fingerprint density at radius 1 is 1.24 bits per heavy atom. The molecule has 2 fully saturated rings. The smallest absolute Gasteiger partial charge is 0.416 e. The van der Waals surface area contributed by atoms with E-state index in [9.17, 15) is 14.7 Å². The second-order valence-electron chi connectivity index (χ2n) is 8.90. The zero-order valence-corrected chi connectivity index (χ0v) is 21.5. The number of anilines is 1. The van der Waals surface area contributed by atoms with Gasteiger partial charge >= 0.3 is 6.09 Å². The molecule has 1 aliphatic carbocycles. The van der Waals surface area contributed by atoms with Gasteiger partial charge in [-0.15, -0.1) is 0 Å². The summed E-state index contributed by atoms with van der Waals surface area (Å²) in [4.78, 5) is 29.8. The van der Waals surface area contributed by atoms with Gasteiger partial charge in [-0.05, 0) is 25.3 Å². The fourth-order valence-electron chi connectivity index (χ4n) is 4.95. The Morgan fingerprint density at radius 2 is 1.91 bits per heavy atom. The third kappa shape index (κ3) is 4.59. The second kappa shape index (κ2) is 10.3. The maximum Gasteiger partial charge on any atom is 0.416 e. The number of carbonyl (C=O) groups is 2. The summed E-state index contributed by atoms with van der Waals surface area (Å²) < 4.78 is 16.6. The summed E-state index contributed by atoms with van der Waals surface area (Å²) in [7, 11) is 6.53. The van der Waals surface area contributed by atoms with Gasteiger partial charge in [-0.25, -0.2) is 9.69 Å². The predicted molar refractivity (Wildman–Crippen MR) is 135 cm³/mol. The second-order valence-corrected chi connectivity index (χ2v) is 11.9. The molecular formula is C24H32N2O6S2. The molecular weight excluding hydrogens is 476 g/mol. The van der Waals surface area contributed by atoms with E-state index in [4.69, 9.17) is 14.2 Å². The molecule has 186 valence electrons. The van der Waals surface area contributed by atoms with Gasteiger partial charge in [-0.2, -0.15) is 0 Å². The van der Waals surface area contributed by atoms with E-state index in [1.54, 1.807) is 38.6 Å². The van der Waals surface area contributed by atoms with Gasteiger partial charge in [0.1, 0.15) is 6.61 Å². The summed E-state index contributed by atoms with van der Waals surface area (Å²) in [5.41, 5.74) is 1.32. The number of benzene rings is 1. The number of rotatable bonds is 7. The fourth-order valence-corrected chi connectivity index (χ4v) is 7.63. The van der Waals surface area contributed by atoms with Crippen LogP contribution in [0, 0.1) is 0 Å². The number of carbonyl (C=O) groups excluding carboxylic acids is 2. The van der Waals surface area contributed by atoms with Crippen LogP contribution in [-0.4, -0.2) is 72.1 Å². The monoisotopic (exact) mass is 508 g/mol. The van der Waals surface area contributed by atoms with E-state index in [1.807, 2.05) is 0 Å². The Labute approximate surface area is 208 Å². The van der Waals surface area contributed by atoms with Gasteiger partial charge in [0.25, 0.3) is 5.91 Å². The number of ether oxygens (including phenoxy) is 3. The van der Waals surface area contributed by atoms with E-state index in [2.05, 4.69) is 13.5 Å². The van der Waals surface area contributed by atoms with Crippen LogP contribution in [0.25, 0.3) is 0 Å². The Bertz CT molecular complexity index is 965. The molecule has 1 aromatic carbocycles. The molecule has 2 atom stereocenters. The minimum absolute atomic E-state index is 0.128. The lowest BCUT2D eigenvalue weighted by Gasteiger charge is -2.33. The lowest BCUT2D eigenvalue weighted by molar-refractivity contribution is 0.0484. The van der Waals surface area contributed by atoms with Crippen molar-refractivity contribution in [3.05, 3.63) is 29.8 Å². The Kier molecular flexibility index (Phi) is 7.59. The molecule has 2 amide bonds. The fraction of sp³-hybridized carbons (Fsp3) is 0.583. The molecule has 1 N–H and O–H groups in total. The number of hydrogen-bond donors (Lipinski definition) is 1. The first kappa shape index (κ1) is 25.1. The van der Waals surface area contributed by atoms with Gasteiger partial charge in [-0.3, -0.25) is 4.79 Å². The van der Waals surface area contributed by atoms with Crippen molar-refractivity contribution >= 4 is 39.3 Å². The molecule has 0 radical (unpaired) electrons. The van der Waals surface area contributed by atoms with Gasteiger partial charge in [0.05, 0.1) is 36.3 Å². The SMILES string of the molecule is C=C1CC2C(O)N(C(=O)OCC3(SSCC)CCCC3)c3cc(OC)c(OC)cc3C(=O)N2C1. The van der Waals surface area contributed by atoms with Crippen molar-refractivity contribution in [3.8, 4) is 11.5 Å². The standard InChI is InChI=1S/C24H32N2O6S2/c1-5-33-34-24(8-6-7-9-24)14-32-23(29)26-17-12-20(31-4)19(30-3)11-16(17)21(27)25-13-15(2)10-18(25)22(26)28/h11-12,18,22,28H,2,5-10,13-14H2,1,3-4H3. The number of fused-ring (bicyclic) bond motifs is 2. The van der Waals surface area contributed by atoms with Crippen LogP contribution >= 0.6 is 21.6 Å². The number of nitrogens with zero attached hydrogens (tertiary/aromatic N) is 2. The van der Waals surface area contributed by atoms with E-state index in [-0.39, 0.29) is 28.5 Å². The first-order valence-corrected chi connectivity index (χ1v) is 13.8. The Morgan fingerprint density at radius 3 is 2.56 bits per heavy atom. The maximum absolute atomic E-state index is 13.5. The molecule has 1 saturated heterocycles. The van der Waals surface area contributed by atoms with Crippen LogP contribution in [0.1, 0.15) is 49.4 Å². The van der Waals surface area contributed by atoms with Crippen LogP contribution in [-0.2, 0) is 4.74 Å². The van der Waals surface area contributed by atoms with E-state index in [0.717, 1.165) is 37.0 Å². The average Bonchev–Trinajstić information content (AvgIpc) is 3.46. The largest absolute Gasteiger partial charge is 0.493 e. The molecule has 1 aromatic rings. The van der Waals surface area contributed by atoms with Gasteiger partial charge in [0.15, 0.2) is 17.7 Å². The molecule has 2 aliphatic heterocycles. The summed E-state index contributed by atoms with van der Waals surface area (Å²) in [5, 5.41) is 11.4. The lowest BCUT2D eigenvalue weighted by atomic mass is 10.1. The normalized spacial score (nSPS) is 23.4. The van der Waals surface area contributed by atoms with Crippen LogP contribution < -0.4 is 14.4 Å². The van der Waals surface area contributed by atoms with E-state index in [0.29, 0.717) is 24.5 Å².